The molecule has 180 valence electrons. The van der Waals surface area contributed by atoms with Crippen LogP contribution in [0.5, 0.6) is 5.75 Å². The van der Waals surface area contributed by atoms with Crippen LogP contribution in [-0.4, -0.2) is 41.5 Å². The third-order valence-corrected chi connectivity index (χ3v) is 6.79. The number of hydrogen-bond acceptors (Lipinski definition) is 5. The quantitative estimate of drug-likeness (QED) is 0.355. The van der Waals surface area contributed by atoms with Crippen molar-refractivity contribution < 1.29 is 23.5 Å². The van der Waals surface area contributed by atoms with Crippen LogP contribution >= 0.6 is 0 Å². The SMILES string of the molecule is COC(=O)C1Cc2c([nH]c3ccccc23)CN1C(=O)COc1ccc2occ(-c3ccccc3)c2c1. The molecule has 0 saturated heterocycles. The summed E-state index contributed by atoms with van der Waals surface area (Å²) < 4.78 is 16.6. The molecule has 0 aliphatic carbocycles. The van der Waals surface area contributed by atoms with Crippen LogP contribution in [0.25, 0.3) is 33.0 Å². The molecular formula is C29H24N2O5. The van der Waals surface area contributed by atoms with E-state index in [-0.39, 0.29) is 19.1 Å². The Kier molecular flexibility index (Phi) is 5.45. The lowest BCUT2D eigenvalue weighted by atomic mass is 9.96. The zero-order valence-corrected chi connectivity index (χ0v) is 19.7. The monoisotopic (exact) mass is 480 g/mol. The van der Waals surface area contributed by atoms with Gasteiger partial charge in [0.1, 0.15) is 17.4 Å². The highest BCUT2D eigenvalue weighted by molar-refractivity contribution is 5.95. The van der Waals surface area contributed by atoms with E-state index in [0.717, 1.165) is 44.3 Å². The molecule has 0 spiro atoms. The molecule has 7 heteroatoms. The number of furan rings is 1. The molecular weight excluding hydrogens is 456 g/mol. The number of esters is 1. The Hall–Kier alpha value is -4.52. The van der Waals surface area contributed by atoms with Crippen molar-refractivity contribution in [3.8, 4) is 16.9 Å². The van der Waals surface area contributed by atoms with E-state index in [1.54, 1.807) is 12.3 Å². The van der Waals surface area contributed by atoms with E-state index in [9.17, 15) is 9.59 Å². The Bertz CT molecular complexity index is 1580. The van der Waals surface area contributed by atoms with Crippen molar-refractivity contribution >= 4 is 33.7 Å². The minimum atomic E-state index is -0.709. The lowest BCUT2D eigenvalue weighted by molar-refractivity contribution is -0.154. The second-order valence-electron chi connectivity index (χ2n) is 8.85. The van der Waals surface area contributed by atoms with E-state index in [2.05, 4.69) is 4.98 Å². The summed E-state index contributed by atoms with van der Waals surface area (Å²) in [4.78, 5) is 30.9. The van der Waals surface area contributed by atoms with Gasteiger partial charge in [-0.15, -0.1) is 0 Å². The second kappa shape index (κ2) is 8.92. The first-order valence-corrected chi connectivity index (χ1v) is 11.8. The average Bonchev–Trinajstić information content (AvgIpc) is 3.51. The van der Waals surface area contributed by atoms with Crippen molar-refractivity contribution in [2.24, 2.45) is 0 Å². The summed E-state index contributed by atoms with van der Waals surface area (Å²) in [7, 11) is 1.34. The van der Waals surface area contributed by atoms with Crippen molar-refractivity contribution in [1.29, 1.82) is 0 Å². The molecule has 5 aromatic rings. The van der Waals surface area contributed by atoms with Gasteiger partial charge in [0.05, 0.1) is 19.9 Å². The van der Waals surface area contributed by atoms with Gasteiger partial charge in [-0.1, -0.05) is 48.5 Å². The number of H-pyrrole nitrogens is 1. The van der Waals surface area contributed by atoms with E-state index >= 15 is 0 Å². The van der Waals surface area contributed by atoms with Gasteiger partial charge in [-0.05, 0) is 35.4 Å². The lowest BCUT2D eigenvalue weighted by Gasteiger charge is -2.33. The van der Waals surface area contributed by atoms with Gasteiger partial charge in [-0.25, -0.2) is 4.79 Å². The molecule has 1 atom stereocenters. The molecule has 1 unspecified atom stereocenters. The van der Waals surface area contributed by atoms with Crippen LogP contribution in [-0.2, 0) is 27.3 Å². The van der Waals surface area contributed by atoms with Gasteiger partial charge in [0.2, 0.25) is 0 Å². The molecule has 1 amide bonds. The van der Waals surface area contributed by atoms with Crippen molar-refractivity contribution in [2.75, 3.05) is 13.7 Å². The zero-order chi connectivity index (χ0) is 24.6. The van der Waals surface area contributed by atoms with E-state index in [1.807, 2.05) is 66.7 Å². The first-order chi connectivity index (χ1) is 17.6. The summed E-state index contributed by atoms with van der Waals surface area (Å²) >= 11 is 0. The Balaban J connectivity index is 1.24. The molecule has 0 saturated carbocycles. The van der Waals surface area contributed by atoms with Gasteiger partial charge in [0.15, 0.2) is 6.61 Å². The minimum Gasteiger partial charge on any atom is -0.484 e. The highest BCUT2D eigenvalue weighted by Gasteiger charge is 2.37. The van der Waals surface area contributed by atoms with Crippen molar-refractivity contribution in [1.82, 2.24) is 9.88 Å². The normalized spacial score (nSPS) is 15.1. The molecule has 7 nitrogen and oxygen atoms in total. The predicted molar refractivity (Wildman–Crippen MR) is 136 cm³/mol. The van der Waals surface area contributed by atoms with Crippen LogP contribution in [0.4, 0.5) is 0 Å². The number of hydrogen-bond donors (Lipinski definition) is 1. The van der Waals surface area contributed by atoms with Crippen LogP contribution in [0, 0.1) is 0 Å². The smallest absolute Gasteiger partial charge is 0.328 e. The molecule has 0 radical (unpaired) electrons. The summed E-state index contributed by atoms with van der Waals surface area (Å²) in [6.07, 6.45) is 2.11. The number of ether oxygens (including phenoxy) is 2. The Morgan fingerprint density at radius 3 is 2.67 bits per heavy atom. The number of carbonyl (C=O) groups excluding carboxylic acids is 2. The number of methoxy groups -OCH3 is 1. The fraction of sp³-hybridized carbons (Fsp3) is 0.172. The molecule has 1 aliphatic heterocycles. The number of nitrogens with zero attached hydrogens (tertiary/aromatic N) is 1. The number of carbonyl (C=O) groups is 2. The number of aromatic nitrogens is 1. The van der Waals surface area contributed by atoms with E-state index in [1.165, 1.54) is 12.0 Å². The van der Waals surface area contributed by atoms with Crippen LogP contribution in [0.15, 0.2) is 83.5 Å². The van der Waals surface area contributed by atoms with Crippen molar-refractivity contribution in [3.63, 3.8) is 0 Å². The fourth-order valence-electron chi connectivity index (χ4n) is 4.98. The summed E-state index contributed by atoms with van der Waals surface area (Å²) in [5, 5.41) is 1.96. The lowest BCUT2D eigenvalue weighted by Crippen LogP contribution is -2.50. The second-order valence-corrected chi connectivity index (χ2v) is 8.85. The van der Waals surface area contributed by atoms with Gasteiger partial charge in [0, 0.05) is 34.0 Å². The van der Waals surface area contributed by atoms with Crippen LogP contribution in [0.2, 0.25) is 0 Å². The number of fused-ring (bicyclic) bond motifs is 4. The Morgan fingerprint density at radius 1 is 1.03 bits per heavy atom. The summed E-state index contributed by atoms with van der Waals surface area (Å²) in [5.74, 6) is -0.177. The number of benzene rings is 3. The number of nitrogens with one attached hydrogen (secondary N) is 1. The van der Waals surface area contributed by atoms with Crippen LogP contribution in [0.1, 0.15) is 11.3 Å². The summed E-state index contributed by atoms with van der Waals surface area (Å²) in [5.41, 5.74) is 5.69. The van der Waals surface area contributed by atoms with E-state index in [4.69, 9.17) is 13.9 Å². The van der Waals surface area contributed by atoms with Gasteiger partial charge in [-0.3, -0.25) is 4.79 Å². The first-order valence-electron chi connectivity index (χ1n) is 11.8. The third kappa shape index (κ3) is 3.79. The van der Waals surface area contributed by atoms with E-state index in [0.29, 0.717) is 12.2 Å². The third-order valence-electron chi connectivity index (χ3n) is 6.79. The van der Waals surface area contributed by atoms with Crippen molar-refractivity contribution in [2.45, 2.75) is 19.0 Å². The van der Waals surface area contributed by atoms with Gasteiger partial charge < -0.3 is 23.8 Å². The largest absolute Gasteiger partial charge is 0.484 e. The highest BCUT2D eigenvalue weighted by atomic mass is 16.5. The molecule has 3 heterocycles. The summed E-state index contributed by atoms with van der Waals surface area (Å²) in [6, 6.07) is 22.7. The minimum absolute atomic E-state index is 0.201. The zero-order valence-electron chi connectivity index (χ0n) is 19.7. The molecule has 6 rings (SSSR count). The molecule has 1 N–H and O–H groups in total. The summed E-state index contributed by atoms with van der Waals surface area (Å²) in [6.45, 7) is 0.0813. The van der Waals surface area contributed by atoms with Crippen molar-refractivity contribution in [3.05, 3.63) is 90.3 Å². The molecule has 0 fully saturated rings. The number of aromatic amines is 1. The maximum Gasteiger partial charge on any atom is 0.328 e. The highest BCUT2D eigenvalue weighted by Crippen LogP contribution is 2.34. The Morgan fingerprint density at radius 2 is 1.83 bits per heavy atom. The topological polar surface area (TPSA) is 84.8 Å². The molecule has 3 aromatic carbocycles. The fourth-order valence-corrected chi connectivity index (χ4v) is 4.98. The van der Waals surface area contributed by atoms with Gasteiger partial charge in [0.25, 0.3) is 5.91 Å². The first kappa shape index (κ1) is 22.0. The van der Waals surface area contributed by atoms with Gasteiger partial charge >= 0.3 is 5.97 Å². The average molecular weight is 481 g/mol. The van der Waals surface area contributed by atoms with Gasteiger partial charge in [-0.2, -0.15) is 0 Å². The molecule has 2 aromatic heterocycles. The maximum atomic E-state index is 13.3. The van der Waals surface area contributed by atoms with E-state index < -0.39 is 12.0 Å². The maximum absolute atomic E-state index is 13.3. The predicted octanol–water partition coefficient (Wildman–Crippen LogP) is 5.09. The Labute approximate surface area is 207 Å². The molecule has 0 bridgehead atoms. The number of rotatable bonds is 5. The molecule has 1 aliphatic rings. The molecule has 36 heavy (non-hydrogen) atoms. The number of amides is 1. The standard InChI is InChI=1S/C29H24N2O5/c1-34-29(33)26-14-21-20-9-5-6-10-24(20)30-25(21)15-31(26)28(32)17-35-19-11-12-27-22(13-19)23(16-36-27)18-7-3-2-4-8-18/h2-13,16,26,30H,14-15,17H2,1H3. The van der Waals surface area contributed by atoms with Crippen LogP contribution in [0.3, 0.4) is 0 Å². The van der Waals surface area contributed by atoms with Crippen LogP contribution < -0.4 is 4.74 Å². The number of para-hydroxylation sites is 1.